The summed E-state index contributed by atoms with van der Waals surface area (Å²) in [6.07, 6.45) is 7.87. The van der Waals surface area contributed by atoms with E-state index in [1.165, 1.54) is 19.1 Å². The molecule has 0 spiro atoms. The Labute approximate surface area is 285 Å². The first kappa shape index (κ1) is 32.7. The van der Waals surface area contributed by atoms with Crippen molar-refractivity contribution in [3.05, 3.63) is 58.7 Å². The first-order valence-electron chi connectivity index (χ1n) is 17.1. The van der Waals surface area contributed by atoms with Gasteiger partial charge in [0.15, 0.2) is 17.6 Å². The maximum atomic E-state index is 12.3. The molecule has 5 atom stereocenters. The van der Waals surface area contributed by atoms with E-state index >= 15 is 0 Å². The van der Waals surface area contributed by atoms with Crippen molar-refractivity contribution >= 4 is 21.6 Å². The van der Waals surface area contributed by atoms with E-state index in [1.807, 2.05) is 45.9 Å². The Morgan fingerprint density at radius 3 is 2.43 bits per heavy atom. The quantitative estimate of drug-likeness (QED) is 0.229. The lowest BCUT2D eigenvalue weighted by Gasteiger charge is -2.41. The molecular formula is C38H46O7S2. The number of aliphatic hydroxyl groups is 1. The van der Waals surface area contributed by atoms with Gasteiger partial charge in [-0.3, -0.25) is 0 Å². The Balaban J connectivity index is 1.35. The van der Waals surface area contributed by atoms with Crippen molar-refractivity contribution in [2.45, 2.75) is 94.9 Å². The summed E-state index contributed by atoms with van der Waals surface area (Å²) in [5.41, 5.74) is 6.21. The average molecular weight is 679 g/mol. The van der Waals surface area contributed by atoms with Crippen LogP contribution in [0.5, 0.6) is 34.5 Å². The highest BCUT2D eigenvalue weighted by Gasteiger charge is 2.43. The molecule has 4 aliphatic rings. The summed E-state index contributed by atoms with van der Waals surface area (Å²) in [5, 5.41) is 33.9. The third-order valence-corrected chi connectivity index (χ3v) is 13.1. The average Bonchev–Trinajstić information content (AvgIpc) is 3.09. The van der Waals surface area contributed by atoms with Crippen LogP contribution in [0.15, 0.2) is 36.4 Å². The first-order valence-corrected chi connectivity index (χ1v) is 19.6. The smallest absolute Gasteiger partial charge is 0.200 e. The molecule has 2 heterocycles. The van der Waals surface area contributed by atoms with Crippen LogP contribution in [0.1, 0.15) is 98.5 Å². The molecule has 7 rings (SSSR count). The van der Waals surface area contributed by atoms with Gasteiger partial charge < -0.3 is 34.3 Å². The first-order chi connectivity index (χ1) is 22.9. The molecule has 0 amide bonds. The zero-order chi connectivity index (χ0) is 32.7. The van der Waals surface area contributed by atoms with Crippen molar-refractivity contribution in [1.29, 1.82) is 0 Å². The zero-order valence-electron chi connectivity index (χ0n) is 27.5. The standard InChI is InChI=1S/C38H46O7S2/c1-21-9-10-22-15-28-34(26-12-11-24(39)18-27(22)26)30(42-2)19-31-35(28)29(20-47-46-14-13-21)36(40)38(45-31)23-16-32(43-3)37(41)33(17-23)44-25-7-5-4-6-8-25/h11-12,16-19,21-22,25,29,36,38-41H,4-10,13-15,20H2,1-3H3/t21-,22-,29-,36+,38-/m0/s1. The molecule has 0 saturated heterocycles. The van der Waals surface area contributed by atoms with E-state index in [0.717, 1.165) is 96.6 Å². The van der Waals surface area contributed by atoms with Gasteiger partial charge in [0.25, 0.3) is 0 Å². The SMILES string of the molecule is COc1cc([C@@H]2Oc3cc(OC)c4c5c3[C@H](CSSCC[C@@H](C)CC[C@@H](C5)c3cc(O)ccc3-4)[C@H]2O)cc(OC2CCCCC2)c1O. The summed E-state index contributed by atoms with van der Waals surface area (Å²) >= 11 is 0. The zero-order valence-corrected chi connectivity index (χ0v) is 29.1. The fraction of sp³-hybridized carbons (Fsp3) is 0.526. The summed E-state index contributed by atoms with van der Waals surface area (Å²) in [6.45, 7) is 2.34. The number of ether oxygens (including phenoxy) is 4. The van der Waals surface area contributed by atoms with E-state index in [0.29, 0.717) is 23.0 Å². The highest BCUT2D eigenvalue weighted by atomic mass is 33.1. The molecular weight excluding hydrogens is 633 g/mol. The normalized spacial score (nSPS) is 26.1. The van der Waals surface area contributed by atoms with E-state index in [-0.39, 0.29) is 29.4 Å². The topological polar surface area (TPSA) is 97.6 Å². The molecule has 2 aliphatic carbocycles. The van der Waals surface area contributed by atoms with Crippen LogP contribution in [-0.2, 0) is 6.42 Å². The highest BCUT2D eigenvalue weighted by molar-refractivity contribution is 8.76. The van der Waals surface area contributed by atoms with Gasteiger partial charge in [-0.2, -0.15) is 0 Å². The van der Waals surface area contributed by atoms with Gasteiger partial charge in [0.1, 0.15) is 23.4 Å². The van der Waals surface area contributed by atoms with Crippen LogP contribution >= 0.6 is 21.6 Å². The maximum absolute atomic E-state index is 12.3. The Hall–Kier alpha value is -2.88. The lowest BCUT2D eigenvalue weighted by atomic mass is 9.71. The van der Waals surface area contributed by atoms with E-state index in [4.69, 9.17) is 18.9 Å². The Morgan fingerprint density at radius 1 is 0.851 bits per heavy atom. The van der Waals surface area contributed by atoms with Gasteiger partial charge in [0.05, 0.1) is 20.3 Å². The second-order valence-corrected chi connectivity index (χ2v) is 16.3. The fourth-order valence-electron chi connectivity index (χ4n) is 8.07. The van der Waals surface area contributed by atoms with Crippen molar-refractivity contribution in [2.24, 2.45) is 5.92 Å². The molecule has 3 N–H and O–H groups in total. The molecule has 1 saturated carbocycles. The molecule has 3 aromatic carbocycles. The Morgan fingerprint density at radius 2 is 1.64 bits per heavy atom. The lowest BCUT2D eigenvalue weighted by Crippen LogP contribution is -2.37. The van der Waals surface area contributed by atoms with E-state index in [2.05, 4.69) is 6.92 Å². The van der Waals surface area contributed by atoms with Crippen LogP contribution < -0.4 is 18.9 Å². The number of rotatable bonds is 5. The number of phenolic OH excluding ortho intramolecular Hbond substituents is 2. The number of benzene rings is 3. The third kappa shape index (κ3) is 6.35. The highest BCUT2D eigenvalue weighted by Crippen LogP contribution is 2.56. The summed E-state index contributed by atoms with van der Waals surface area (Å²) < 4.78 is 24.8. The lowest BCUT2D eigenvalue weighted by molar-refractivity contribution is 0.00409. The number of aromatic hydroxyl groups is 2. The number of methoxy groups -OCH3 is 2. The second-order valence-electron chi connectivity index (χ2n) is 13.7. The van der Waals surface area contributed by atoms with Gasteiger partial charge >= 0.3 is 0 Å². The summed E-state index contributed by atoms with van der Waals surface area (Å²) in [5.74, 6) is 4.78. The summed E-state index contributed by atoms with van der Waals surface area (Å²) in [4.78, 5) is 0. The van der Waals surface area contributed by atoms with E-state index in [1.54, 1.807) is 19.2 Å². The van der Waals surface area contributed by atoms with Crippen molar-refractivity contribution < 1.29 is 34.3 Å². The molecule has 252 valence electrons. The van der Waals surface area contributed by atoms with E-state index < -0.39 is 12.2 Å². The molecule has 0 unspecified atom stereocenters. The van der Waals surface area contributed by atoms with Crippen LogP contribution in [0, 0.1) is 5.92 Å². The Kier molecular flexibility index (Phi) is 9.68. The predicted molar refractivity (Wildman–Crippen MR) is 189 cm³/mol. The summed E-state index contributed by atoms with van der Waals surface area (Å²) in [6, 6.07) is 11.3. The molecule has 47 heavy (non-hydrogen) atoms. The van der Waals surface area contributed by atoms with Crippen LogP contribution in [0.4, 0.5) is 0 Å². The van der Waals surface area contributed by atoms with Crippen LogP contribution in [-0.4, -0.2) is 53.3 Å². The van der Waals surface area contributed by atoms with Crippen molar-refractivity contribution in [1.82, 2.24) is 0 Å². The minimum atomic E-state index is -0.853. The minimum Gasteiger partial charge on any atom is -0.508 e. The number of aliphatic hydroxyl groups excluding tert-OH is 1. The molecule has 1 fully saturated rings. The molecule has 9 heteroatoms. The van der Waals surface area contributed by atoms with Crippen molar-refractivity contribution in [3.8, 4) is 45.6 Å². The predicted octanol–water partition coefficient (Wildman–Crippen LogP) is 8.91. The fourth-order valence-corrected chi connectivity index (χ4v) is 10.7. The molecule has 2 bridgehead atoms. The molecule has 0 aromatic heterocycles. The van der Waals surface area contributed by atoms with Crippen LogP contribution in [0.25, 0.3) is 11.1 Å². The third-order valence-electron chi connectivity index (χ3n) is 10.7. The van der Waals surface area contributed by atoms with Crippen LogP contribution in [0.2, 0.25) is 0 Å². The minimum absolute atomic E-state index is 0.0257. The Bertz CT molecular complexity index is 1600. The van der Waals surface area contributed by atoms with Gasteiger partial charge in [0.2, 0.25) is 5.75 Å². The monoisotopic (exact) mass is 678 g/mol. The number of fused-ring (bicyclic) bond motifs is 4. The number of hydrogen-bond acceptors (Lipinski definition) is 9. The number of hydrogen-bond donors (Lipinski definition) is 3. The molecule has 3 aromatic rings. The van der Waals surface area contributed by atoms with Gasteiger partial charge in [0, 0.05) is 40.2 Å². The largest absolute Gasteiger partial charge is 0.508 e. The van der Waals surface area contributed by atoms with Crippen LogP contribution in [0.3, 0.4) is 0 Å². The van der Waals surface area contributed by atoms with Gasteiger partial charge in [-0.15, -0.1) is 0 Å². The van der Waals surface area contributed by atoms with E-state index in [9.17, 15) is 15.3 Å². The molecule has 0 radical (unpaired) electrons. The van der Waals surface area contributed by atoms with Gasteiger partial charge in [-0.05, 0) is 97.7 Å². The second kappa shape index (κ2) is 13.9. The molecule has 7 nitrogen and oxygen atoms in total. The van der Waals surface area contributed by atoms with Crippen molar-refractivity contribution in [3.63, 3.8) is 0 Å². The summed E-state index contributed by atoms with van der Waals surface area (Å²) in [7, 11) is 6.93. The van der Waals surface area contributed by atoms with Crippen molar-refractivity contribution in [2.75, 3.05) is 25.7 Å². The molecule has 2 aliphatic heterocycles. The number of phenols is 2. The van der Waals surface area contributed by atoms with Gasteiger partial charge in [-0.1, -0.05) is 47.4 Å². The van der Waals surface area contributed by atoms with Gasteiger partial charge in [-0.25, -0.2) is 0 Å². The maximum Gasteiger partial charge on any atom is 0.200 e.